The van der Waals surface area contributed by atoms with E-state index in [0.29, 0.717) is 12.2 Å². The summed E-state index contributed by atoms with van der Waals surface area (Å²) in [7, 11) is -4.88. The second kappa shape index (κ2) is 4.54. The highest BCUT2D eigenvalue weighted by molar-refractivity contribution is 7.80. The van der Waals surface area contributed by atoms with Gasteiger partial charge in [0.25, 0.3) is 0 Å². The monoisotopic (exact) mass is 212 g/mol. The Bertz CT molecular complexity index is 324. The van der Waals surface area contributed by atoms with Gasteiger partial charge in [0.2, 0.25) is 0 Å². The van der Waals surface area contributed by atoms with Crippen molar-refractivity contribution in [1.29, 1.82) is 0 Å². The lowest BCUT2D eigenvalue weighted by Gasteiger charge is -1.93. The topological polar surface area (TPSA) is 127 Å². The van der Waals surface area contributed by atoms with Gasteiger partial charge in [-0.05, 0) is 4.33 Å². The van der Waals surface area contributed by atoms with E-state index in [1.54, 1.807) is 0 Å². The average molecular weight is 212 g/mol. The Balaban J connectivity index is 3.98. The van der Waals surface area contributed by atoms with E-state index in [1.165, 1.54) is 0 Å². The van der Waals surface area contributed by atoms with Gasteiger partial charge in [-0.15, -0.1) is 0 Å². The lowest BCUT2D eigenvalue weighted by atomic mass is 10.5. The Morgan fingerprint density at radius 2 is 1.77 bits per heavy atom. The highest BCUT2D eigenvalue weighted by atomic mass is 32.3. The second-order valence-electron chi connectivity index (χ2n) is 1.57. The van der Waals surface area contributed by atoms with Crippen LogP contribution in [0.3, 0.4) is 0 Å². The molecule has 0 bridgehead atoms. The molecule has 0 aromatic rings. The number of carbonyl (C=O) groups excluding carboxylic acids is 1. The fourth-order valence-electron chi connectivity index (χ4n) is 0.244. The number of aliphatic carboxylic acids is 1. The standard InChI is InChI=1S/C4H4O8S/c5-3(6)1-2-4(7)11-12-13(8,9)10/h1-2H,(H,5,6)(H,8,9,10)/b2-1-. The first kappa shape index (κ1) is 11.6. The molecule has 0 aliphatic heterocycles. The molecule has 13 heavy (non-hydrogen) atoms. The third kappa shape index (κ3) is 8.46. The number of carboxylic acids is 1. The van der Waals surface area contributed by atoms with E-state index in [2.05, 4.69) is 9.22 Å². The second-order valence-corrected chi connectivity index (χ2v) is 2.56. The number of rotatable bonds is 4. The molecule has 0 aromatic carbocycles. The van der Waals surface area contributed by atoms with Crippen molar-refractivity contribution in [2.24, 2.45) is 0 Å². The van der Waals surface area contributed by atoms with Crippen LogP contribution in [0, 0.1) is 0 Å². The predicted molar refractivity (Wildman–Crippen MR) is 35.5 cm³/mol. The maximum absolute atomic E-state index is 10.3. The van der Waals surface area contributed by atoms with Crippen molar-refractivity contribution in [3.05, 3.63) is 12.2 Å². The molecule has 0 atom stereocenters. The van der Waals surface area contributed by atoms with E-state index < -0.39 is 22.3 Å². The maximum Gasteiger partial charge on any atom is 0.432 e. The van der Waals surface area contributed by atoms with E-state index >= 15 is 0 Å². The van der Waals surface area contributed by atoms with E-state index in [-0.39, 0.29) is 0 Å². The Hall–Kier alpha value is -1.45. The van der Waals surface area contributed by atoms with Crippen LogP contribution in [0.5, 0.6) is 0 Å². The lowest BCUT2D eigenvalue weighted by Crippen LogP contribution is -2.09. The Morgan fingerprint density at radius 1 is 1.23 bits per heavy atom. The van der Waals surface area contributed by atoms with E-state index in [0.717, 1.165) is 0 Å². The first-order chi connectivity index (χ1) is 5.81. The van der Waals surface area contributed by atoms with Crippen LogP contribution in [-0.2, 0) is 29.2 Å². The Morgan fingerprint density at radius 3 is 2.15 bits per heavy atom. The molecule has 0 heterocycles. The van der Waals surface area contributed by atoms with Crippen LogP contribution in [0.25, 0.3) is 0 Å². The summed E-state index contributed by atoms with van der Waals surface area (Å²) in [6.45, 7) is 0. The van der Waals surface area contributed by atoms with Crippen molar-refractivity contribution in [2.75, 3.05) is 0 Å². The van der Waals surface area contributed by atoms with E-state index in [4.69, 9.17) is 9.66 Å². The molecule has 0 radical (unpaired) electrons. The van der Waals surface area contributed by atoms with Crippen molar-refractivity contribution in [1.82, 2.24) is 0 Å². The molecular formula is C4H4O8S. The lowest BCUT2D eigenvalue weighted by molar-refractivity contribution is -0.208. The molecule has 8 nitrogen and oxygen atoms in total. The first-order valence-corrected chi connectivity index (χ1v) is 3.96. The van der Waals surface area contributed by atoms with Gasteiger partial charge >= 0.3 is 22.3 Å². The molecule has 0 rings (SSSR count). The summed E-state index contributed by atoms with van der Waals surface area (Å²) in [6.07, 6.45) is 0.795. The van der Waals surface area contributed by atoms with Gasteiger partial charge < -0.3 is 5.11 Å². The molecule has 0 amide bonds. The van der Waals surface area contributed by atoms with Crippen LogP contribution in [-0.4, -0.2) is 30.0 Å². The van der Waals surface area contributed by atoms with Crippen molar-refractivity contribution >= 4 is 22.3 Å². The van der Waals surface area contributed by atoms with Gasteiger partial charge in [-0.2, -0.15) is 8.42 Å². The maximum atomic E-state index is 10.3. The Labute approximate surface area is 72.3 Å². The summed E-state index contributed by atoms with van der Waals surface area (Å²) in [6, 6.07) is 0. The molecule has 0 aliphatic rings. The molecule has 0 aromatic heterocycles. The third-order valence-corrected chi connectivity index (χ3v) is 0.804. The average Bonchev–Trinajstić information content (AvgIpc) is 1.95. The zero-order valence-electron chi connectivity index (χ0n) is 5.91. The van der Waals surface area contributed by atoms with Crippen LogP contribution in [0.2, 0.25) is 0 Å². The van der Waals surface area contributed by atoms with Crippen molar-refractivity contribution in [2.45, 2.75) is 0 Å². The Kier molecular flexibility index (Phi) is 4.04. The van der Waals surface area contributed by atoms with Crippen molar-refractivity contribution in [3.8, 4) is 0 Å². The zero-order valence-corrected chi connectivity index (χ0v) is 6.72. The summed E-state index contributed by atoms with van der Waals surface area (Å²) in [5.41, 5.74) is 0. The molecule has 2 N–H and O–H groups in total. The minimum atomic E-state index is -4.88. The minimum Gasteiger partial charge on any atom is -0.478 e. The summed E-state index contributed by atoms with van der Waals surface area (Å²) in [5.74, 6) is -2.82. The minimum absolute atomic E-state index is 0.396. The van der Waals surface area contributed by atoms with Gasteiger partial charge in [0.15, 0.2) is 0 Å². The number of hydrogen-bond acceptors (Lipinski definition) is 6. The van der Waals surface area contributed by atoms with Gasteiger partial charge in [-0.3, -0.25) is 9.44 Å². The predicted octanol–water partition coefficient (Wildman–Crippen LogP) is -1.10. The highest BCUT2D eigenvalue weighted by Crippen LogP contribution is 1.89. The van der Waals surface area contributed by atoms with Gasteiger partial charge in [-0.25, -0.2) is 9.59 Å². The fourth-order valence-corrected chi connectivity index (χ4v) is 0.397. The fraction of sp³-hybridized carbons (Fsp3) is 0. The van der Waals surface area contributed by atoms with Gasteiger partial charge in [0.05, 0.1) is 0 Å². The van der Waals surface area contributed by atoms with Crippen LogP contribution in [0.15, 0.2) is 12.2 Å². The summed E-state index contributed by atoms with van der Waals surface area (Å²) >= 11 is 0. The molecule has 0 unspecified atom stereocenters. The zero-order chi connectivity index (χ0) is 10.5. The van der Waals surface area contributed by atoms with E-state index in [9.17, 15) is 18.0 Å². The van der Waals surface area contributed by atoms with Crippen molar-refractivity contribution < 1.29 is 36.9 Å². The summed E-state index contributed by atoms with van der Waals surface area (Å²) in [4.78, 5) is 23.6. The van der Waals surface area contributed by atoms with Gasteiger partial charge in [0.1, 0.15) is 0 Å². The molecular weight excluding hydrogens is 208 g/mol. The molecule has 0 saturated heterocycles. The van der Waals surface area contributed by atoms with Crippen LogP contribution >= 0.6 is 0 Å². The van der Waals surface area contributed by atoms with Crippen LogP contribution < -0.4 is 0 Å². The van der Waals surface area contributed by atoms with E-state index in [1.807, 2.05) is 0 Å². The van der Waals surface area contributed by atoms with Gasteiger partial charge in [0, 0.05) is 12.2 Å². The molecule has 0 aliphatic carbocycles. The highest BCUT2D eigenvalue weighted by Gasteiger charge is 2.09. The molecule has 0 fully saturated rings. The van der Waals surface area contributed by atoms with Crippen molar-refractivity contribution in [3.63, 3.8) is 0 Å². The summed E-state index contributed by atoms with van der Waals surface area (Å²) in [5, 5.41) is 7.99. The SMILES string of the molecule is O=C(O)/C=C\C(=O)OOS(=O)(=O)O. The number of carbonyl (C=O) groups is 2. The van der Waals surface area contributed by atoms with Crippen LogP contribution in [0.1, 0.15) is 0 Å². The molecule has 9 heteroatoms. The number of carboxylic acid groups (broad SMARTS) is 1. The largest absolute Gasteiger partial charge is 0.478 e. The first-order valence-electron chi connectivity index (χ1n) is 2.60. The van der Waals surface area contributed by atoms with Gasteiger partial charge in [-0.1, -0.05) is 0 Å². The van der Waals surface area contributed by atoms with Crippen LogP contribution in [0.4, 0.5) is 0 Å². The number of hydrogen-bond donors (Lipinski definition) is 2. The molecule has 0 saturated carbocycles. The molecule has 0 spiro atoms. The normalized spacial score (nSPS) is 11.5. The third-order valence-electron chi connectivity index (χ3n) is 0.564. The summed E-state index contributed by atoms with van der Waals surface area (Å²) < 4.78 is 30.6. The quantitative estimate of drug-likeness (QED) is 0.260. The molecule has 74 valence electrons. The smallest absolute Gasteiger partial charge is 0.432 e.